The van der Waals surface area contributed by atoms with Crippen molar-refractivity contribution < 1.29 is 4.79 Å². The molecule has 1 atom stereocenters. The van der Waals surface area contributed by atoms with Crippen LogP contribution in [-0.4, -0.2) is 55.7 Å². The van der Waals surface area contributed by atoms with E-state index >= 15 is 0 Å². The zero-order valence-electron chi connectivity index (χ0n) is 16.3. The van der Waals surface area contributed by atoms with Crippen molar-refractivity contribution in [3.05, 3.63) is 39.1 Å². The van der Waals surface area contributed by atoms with Crippen LogP contribution < -0.4 is 10.9 Å². The molecule has 2 N–H and O–H groups in total. The lowest BCUT2D eigenvalue weighted by Crippen LogP contribution is -2.50. The zero-order valence-corrected chi connectivity index (χ0v) is 16.3. The first kappa shape index (κ1) is 17.6. The van der Waals surface area contributed by atoms with E-state index in [1.165, 1.54) is 12.8 Å². The van der Waals surface area contributed by atoms with Crippen molar-refractivity contribution in [2.45, 2.75) is 57.4 Å². The number of carbonyl (C=O) groups excluding carboxylic acids is 1. The van der Waals surface area contributed by atoms with Gasteiger partial charge in [-0.05, 0) is 52.0 Å². The molecule has 0 unspecified atom stereocenters. The molecule has 0 radical (unpaired) electrons. The fraction of sp³-hybridized carbons (Fsp3) is 0.600. The molecule has 0 bridgehead atoms. The van der Waals surface area contributed by atoms with Gasteiger partial charge in [0.2, 0.25) is 5.95 Å². The third-order valence-corrected chi connectivity index (χ3v) is 6.59. The number of fused-ring (bicyclic) bond motifs is 1. The summed E-state index contributed by atoms with van der Waals surface area (Å²) in [5, 5.41) is 8.01. The number of H-pyrrole nitrogens is 1. The van der Waals surface area contributed by atoms with Crippen LogP contribution in [0, 0.1) is 6.92 Å². The fourth-order valence-corrected chi connectivity index (χ4v) is 4.96. The van der Waals surface area contributed by atoms with E-state index in [-0.39, 0.29) is 17.0 Å². The van der Waals surface area contributed by atoms with Gasteiger partial charge in [-0.1, -0.05) is 6.42 Å². The number of aryl methyl sites for hydroxylation is 1. The summed E-state index contributed by atoms with van der Waals surface area (Å²) < 4.78 is 1.58. The summed E-state index contributed by atoms with van der Waals surface area (Å²) in [5.74, 6) is 0.408. The SMILES string of the molecule is Cc1c(C(=O)N2CC[C@@]3(CCCCN3)C2)cnn1-c1nc2c(c(=O)[nH]1)CCC2. The summed E-state index contributed by atoms with van der Waals surface area (Å²) >= 11 is 0. The molecule has 5 rings (SSSR count). The number of hydrogen-bond donors (Lipinski definition) is 2. The minimum absolute atomic E-state index is 0.0107. The molecule has 3 aliphatic rings. The largest absolute Gasteiger partial charge is 0.337 e. The zero-order chi connectivity index (χ0) is 19.3. The Morgan fingerprint density at radius 2 is 2.11 bits per heavy atom. The van der Waals surface area contributed by atoms with Crippen molar-refractivity contribution in [3.63, 3.8) is 0 Å². The molecule has 28 heavy (non-hydrogen) atoms. The van der Waals surface area contributed by atoms with Crippen LogP contribution in [0.5, 0.6) is 0 Å². The molecular formula is C20H26N6O2. The summed E-state index contributed by atoms with van der Waals surface area (Å²) in [6.07, 6.45) is 8.75. The average Bonchev–Trinajstić information content (AvgIpc) is 3.41. The van der Waals surface area contributed by atoms with E-state index < -0.39 is 0 Å². The molecule has 2 aliphatic heterocycles. The first-order valence-corrected chi connectivity index (χ1v) is 10.3. The number of aromatic nitrogens is 4. The van der Waals surface area contributed by atoms with Gasteiger partial charge in [0.1, 0.15) is 0 Å². The molecule has 148 valence electrons. The van der Waals surface area contributed by atoms with Gasteiger partial charge in [-0.15, -0.1) is 0 Å². The van der Waals surface area contributed by atoms with E-state index in [9.17, 15) is 9.59 Å². The third kappa shape index (κ3) is 2.78. The lowest BCUT2D eigenvalue weighted by atomic mass is 9.88. The quantitative estimate of drug-likeness (QED) is 0.811. The number of nitrogens with zero attached hydrogens (tertiary/aromatic N) is 4. The molecule has 2 aromatic rings. The molecule has 8 nitrogen and oxygen atoms in total. The van der Waals surface area contributed by atoms with Crippen LogP contribution in [0.3, 0.4) is 0 Å². The number of aromatic amines is 1. The van der Waals surface area contributed by atoms with Gasteiger partial charge < -0.3 is 10.2 Å². The van der Waals surface area contributed by atoms with Crippen molar-refractivity contribution in [1.82, 2.24) is 30.0 Å². The van der Waals surface area contributed by atoms with E-state index in [4.69, 9.17) is 0 Å². The molecule has 8 heteroatoms. The standard InChI is InChI=1S/C20H26N6O2/c1-13-15(18(28)25-10-8-20(12-25)7-2-3-9-21-20)11-22-26(13)19-23-16-6-4-5-14(16)17(27)24-19/h11,21H,2-10,12H2,1H3,(H,23,24,27)/t20-/m0/s1. The Balaban J connectivity index is 1.41. The predicted octanol–water partition coefficient (Wildman–Crippen LogP) is 1.11. The minimum atomic E-state index is -0.0925. The van der Waals surface area contributed by atoms with Crippen LogP contribution in [-0.2, 0) is 12.8 Å². The van der Waals surface area contributed by atoms with Crippen molar-refractivity contribution in [2.24, 2.45) is 0 Å². The fourth-order valence-electron chi connectivity index (χ4n) is 4.96. The average molecular weight is 382 g/mol. The van der Waals surface area contributed by atoms with Crippen molar-refractivity contribution in [3.8, 4) is 5.95 Å². The highest BCUT2D eigenvalue weighted by Gasteiger charge is 2.41. The molecule has 2 aromatic heterocycles. The van der Waals surface area contributed by atoms with Gasteiger partial charge in [-0.2, -0.15) is 5.10 Å². The van der Waals surface area contributed by atoms with Crippen LogP contribution in [0.15, 0.2) is 11.0 Å². The second-order valence-corrected chi connectivity index (χ2v) is 8.36. The maximum atomic E-state index is 13.1. The van der Waals surface area contributed by atoms with Gasteiger partial charge >= 0.3 is 0 Å². The monoisotopic (exact) mass is 382 g/mol. The highest BCUT2D eigenvalue weighted by atomic mass is 16.2. The first-order valence-electron chi connectivity index (χ1n) is 10.3. The Bertz CT molecular complexity index is 985. The van der Waals surface area contributed by atoms with E-state index in [1.807, 2.05) is 11.8 Å². The highest BCUT2D eigenvalue weighted by Crippen LogP contribution is 2.30. The first-order chi connectivity index (χ1) is 13.6. The number of hydrogen-bond acceptors (Lipinski definition) is 5. The summed E-state index contributed by atoms with van der Waals surface area (Å²) in [7, 11) is 0. The van der Waals surface area contributed by atoms with E-state index in [0.29, 0.717) is 17.2 Å². The van der Waals surface area contributed by atoms with Gasteiger partial charge in [-0.3, -0.25) is 14.6 Å². The minimum Gasteiger partial charge on any atom is -0.337 e. The van der Waals surface area contributed by atoms with Gasteiger partial charge in [0.25, 0.3) is 11.5 Å². The predicted molar refractivity (Wildman–Crippen MR) is 104 cm³/mol. The number of rotatable bonds is 2. The summed E-state index contributed by atoms with van der Waals surface area (Å²) in [4.78, 5) is 34.8. The van der Waals surface area contributed by atoms with Gasteiger partial charge in [0.15, 0.2) is 0 Å². The van der Waals surface area contributed by atoms with Crippen LogP contribution in [0.1, 0.15) is 59.4 Å². The summed E-state index contributed by atoms with van der Waals surface area (Å²) in [6.45, 7) is 4.42. The maximum absolute atomic E-state index is 13.1. The van der Waals surface area contributed by atoms with Crippen molar-refractivity contribution in [2.75, 3.05) is 19.6 Å². The van der Waals surface area contributed by atoms with Gasteiger partial charge in [-0.25, -0.2) is 9.67 Å². The van der Waals surface area contributed by atoms with Crippen LogP contribution in [0.25, 0.3) is 5.95 Å². The third-order valence-electron chi connectivity index (χ3n) is 6.59. The van der Waals surface area contributed by atoms with Crippen LogP contribution in [0.4, 0.5) is 0 Å². The summed E-state index contributed by atoms with van der Waals surface area (Å²) in [6, 6.07) is 0. The molecule has 1 spiro atoms. The molecule has 2 fully saturated rings. The molecular weight excluding hydrogens is 356 g/mol. The second-order valence-electron chi connectivity index (χ2n) is 8.36. The highest BCUT2D eigenvalue weighted by molar-refractivity contribution is 5.95. The number of likely N-dealkylation sites (tertiary alicyclic amines) is 1. The van der Waals surface area contributed by atoms with E-state index in [1.54, 1.807) is 10.9 Å². The smallest absolute Gasteiger partial charge is 0.257 e. The number of nitrogens with one attached hydrogen (secondary N) is 2. The van der Waals surface area contributed by atoms with Gasteiger partial charge in [0, 0.05) is 24.2 Å². The molecule has 0 saturated carbocycles. The maximum Gasteiger partial charge on any atom is 0.257 e. The van der Waals surface area contributed by atoms with Gasteiger partial charge in [0.05, 0.1) is 23.1 Å². The number of piperidine rings is 1. The normalized spacial score (nSPS) is 24.1. The Kier molecular flexibility index (Phi) is 4.12. The van der Waals surface area contributed by atoms with Crippen molar-refractivity contribution >= 4 is 5.91 Å². The number of carbonyl (C=O) groups is 1. The molecule has 0 aromatic carbocycles. The molecule has 2 saturated heterocycles. The second kappa shape index (κ2) is 6.55. The molecule has 1 amide bonds. The Labute approximate surface area is 163 Å². The summed E-state index contributed by atoms with van der Waals surface area (Å²) in [5.41, 5.74) is 2.92. The van der Waals surface area contributed by atoms with Crippen LogP contribution >= 0.6 is 0 Å². The molecule has 1 aliphatic carbocycles. The van der Waals surface area contributed by atoms with Crippen LogP contribution in [0.2, 0.25) is 0 Å². The Morgan fingerprint density at radius 3 is 2.93 bits per heavy atom. The van der Waals surface area contributed by atoms with E-state index in [2.05, 4.69) is 20.4 Å². The Morgan fingerprint density at radius 1 is 1.21 bits per heavy atom. The number of amides is 1. The lowest BCUT2D eigenvalue weighted by Gasteiger charge is -2.34. The molecule has 4 heterocycles. The Hall–Kier alpha value is -2.48. The van der Waals surface area contributed by atoms with Crippen molar-refractivity contribution in [1.29, 1.82) is 0 Å². The lowest BCUT2D eigenvalue weighted by molar-refractivity contribution is 0.0774. The topological polar surface area (TPSA) is 95.9 Å². The van der Waals surface area contributed by atoms with E-state index in [0.717, 1.165) is 63.0 Å².